The molecule has 2 rings (SSSR count). The summed E-state index contributed by atoms with van der Waals surface area (Å²) in [5.41, 5.74) is 0.873. The molecule has 27 heavy (non-hydrogen) atoms. The Balaban J connectivity index is 1.87. The second-order valence-corrected chi connectivity index (χ2v) is 8.70. The molecule has 150 valence electrons. The fourth-order valence-electron chi connectivity index (χ4n) is 3.33. The summed E-state index contributed by atoms with van der Waals surface area (Å²) >= 11 is 0. The highest BCUT2D eigenvalue weighted by Crippen LogP contribution is 2.17. The van der Waals surface area contributed by atoms with E-state index in [1.165, 1.54) is 36.8 Å². The van der Waals surface area contributed by atoms with E-state index in [-0.39, 0.29) is 29.3 Å². The number of primary sulfonamides is 1. The molecule has 2 amide bonds. The lowest BCUT2D eigenvalue weighted by atomic mass is 10.1. The number of nitrogens with zero attached hydrogens (tertiary/aromatic N) is 1. The van der Waals surface area contributed by atoms with Gasteiger partial charge in [-0.1, -0.05) is 37.8 Å². The Morgan fingerprint density at radius 2 is 1.70 bits per heavy atom. The molecule has 3 N–H and O–H groups in total. The number of carbonyl (C=O) groups excluding carboxylic acids is 2. The summed E-state index contributed by atoms with van der Waals surface area (Å²) in [6.45, 7) is 1.88. The topological polar surface area (TPSA) is 110 Å². The van der Waals surface area contributed by atoms with Crippen LogP contribution in [0.15, 0.2) is 29.2 Å². The molecule has 1 aromatic carbocycles. The van der Waals surface area contributed by atoms with E-state index < -0.39 is 10.0 Å². The largest absolute Gasteiger partial charge is 0.352 e. The zero-order chi connectivity index (χ0) is 19.9. The average molecular weight is 396 g/mol. The van der Waals surface area contributed by atoms with Crippen molar-refractivity contribution in [3.8, 4) is 0 Å². The number of benzene rings is 1. The fourth-order valence-corrected chi connectivity index (χ4v) is 3.84. The third-order valence-corrected chi connectivity index (χ3v) is 5.85. The van der Waals surface area contributed by atoms with E-state index in [1.807, 2.05) is 0 Å². The van der Waals surface area contributed by atoms with E-state index in [0.29, 0.717) is 13.0 Å². The van der Waals surface area contributed by atoms with Crippen LogP contribution in [0.25, 0.3) is 0 Å². The number of sulfonamides is 1. The first kappa shape index (κ1) is 21.4. The molecule has 0 heterocycles. The summed E-state index contributed by atoms with van der Waals surface area (Å²) < 4.78 is 22.6. The molecule has 0 aliphatic heterocycles. The van der Waals surface area contributed by atoms with Crippen molar-refractivity contribution in [3.05, 3.63) is 29.8 Å². The number of hydrogen-bond acceptors (Lipinski definition) is 4. The summed E-state index contributed by atoms with van der Waals surface area (Å²) in [6, 6.07) is 6.44. The monoisotopic (exact) mass is 395 g/mol. The molecule has 0 atom stereocenters. The summed E-state index contributed by atoms with van der Waals surface area (Å²) in [7, 11) is -3.71. The van der Waals surface area contributed by atoms with Crippen molar-refractivity contribution in [2.75, 3.05) is 13.1 Å². The van der Waals surface area contributed by atoms with Crippen LogP contribution in [0.1, 0.15) is 51.0 Å². The van der Waals surface area contributed by atoms with Gasteiger partial charge in [-0.05, 0) is 37.0 Å². The lowest BCUT2D eigenvalue weighted by Crippen LogP contribution is -2.44. The average Bonchev–Trinajstić information content (AvgIpc) is 2.86. The standard InChI is InChI=1S/C19H29N3O4S/c1-15(23)22(14-19(24)21-17-6-4-2-3-5-7-17)13-12-16-8-10-18(11-9-16)27(20,25)26/h8-11,17H,2-7,12-14H2,1H3,(H,21,24)(H2,20,25,26). The van der Waals surface area contributed by atoms with Gasteiger partial charge < -0.3 is 10.2 Å². The Morgan fingerprint density at radius 3 is 2.22 bits per heavy atom. The smallest absolute Gasteiger partial charge is 0.239 e. The van der Waals surface area contributed by atoms with Crippen molar-refractivity contribution in [2.24, 2.45) is 5.14 Å². The molecular weight excluding hydrogens is 366 g/mol. The summed E-state index contributed by atoms with van der Waals surface area (Å²) in [5, 5.41) is 8.14. The molecular formula is C19H29N3O4S. The van der Waals surface area contributed by atoms with Gasteiger partial charge in [0.05, 0.1) is 11.4 Å². The lowest BCUT2D eigenvalue weighted by Gasteiger charge is -2.23. The van der Waals surface area contributed by atoms with E-state index in [4.69, 9.17) is 5.14 Å². The van der Waals surface area contributed by atoms with Gasteiger partial charge in [0.25, 0.3) is 0 Å². The first-order chi connectivity index (χ1) is 12.8. The number of nitrogens with two attached hydrogens (primary N) is 1. The number of rotatable bonds is 7. The van der Waals surface area contributed by atoms with Crippen LogP contribution in [0.4, 0.5) is 0 Å². The van der Waals surface area contributed by atoms with E-state index in [0.717, 1.165) is 31.2 Å². The molecule has 1 saturated carbocycles. The summed E-state index contributed by atoms with van der Waals surface area (Å²) in [4.78, 5) is 25.8. The zero-order valence-corrected chi connectivity index (χ0v) is 16.6. The Bertz CT molecular complexity index is 739. The summed E-state index contributed by atoms with van der Waals surface area (Å²) in [5.74, 6) is -0.283. The highest BCUT2D eigenvalue weighted by Gasteiger charge is 2.18. The summed E-state index contributed by atoms with van der Waals surface area (Å²) in [6.07, 6.45) is 7.24. The predicted molar refractivity (Wildman–Crippen MR) is 103 cm³/mol. The van der Waals surface area contributed by atoms with E-state index in [9.17, 15) is 18.0 Å². The molecule has 1 aliphatic carbocycles. The minimum Gasteiger partial charge on any atom is -0.352 e. The van der Waals surface area contributed by atoms with Crippen LogP contribution >= 0.6 is 0 Å². The quantitative estimate of drug-likeness (QED) is 0.683. The van der Waals surface area contributed by atoms with Gasteiger partial charge in [0.1, 0.15) is 0 Å². The molecule has 1 aliphatic rings. The first-order valence-corrected chi connectivity index (χ1v) is 11.0. The van der Waals surface area contributed by atoms with Crippen LogP contribution in [0.2, 0.25) is 0 Å². The number of hydrogen-bond donors (Lipinski definition) is 2. The third-order valence-electron chi connectivity index (χ3n) is 4.92. The SMILES string of the molecule is CC(=O)N(CCc1ccc(S(N)(=O)=O)cc1)CC(=O)NC1CCCCCC1. The lowest BCUT2D eigenvalue weighted by molar-refractivity contribution is -0.134. The Labute approximate surface area is 161 Å². The highest BCUT2D eigenvalue weighted by molar-refractivity contribution is 7.89. The fraction of sp³-hybridized carbons (Fsp3) is 0.579. The predicted octanol–water partition coefficient (Wildman–Crippen LogP) is 1.56. The molecule has 0 unspecified atom stereocenters. The maximum atomic E-state index is 12.3. The van der Waals surface area contributed by atoms with Crippen molar-refractivity contribution >= 4 is 21.8 Å². The van der Waals surface area contributed by atoms with Crippen LogP contribution in [0, 0.1) is 0 Å². The van der Waals surface area contributed by atoms with Gasteiger partial charge in [0.2, 0.25) is 21.8 Å². The second kappa shape index (κ2) is 9.85. The normalized spacial score (nSPS) is 15.8. The molecule has 0 spiro atoms. The molecule has 0 bridgehead atoms. The van der Waals surface area contributed by atoms with Crippen molar-refractivity contribution in [1.82, 2.24) is 10.2 Å². The zero-order valence-electron chi connectivity index (χ0n) is 15.8. The second-order valence-electron chi connectivity index (χ2n) is 7.14. The molecule has 8 heteroatoms. The van der Waals surface area contributed by atoms with Crippen LogP contribution < -0.4 is 10.5 Å². The van der Waals surface area contributed by atoms with Crippen LogP contribution in [-0.2, 0) is 26.0 Å². The molecule has 0 saturated heterocycles. The van der Waals surface area contributed by atoms with Crippen molar-refractivity contribution in [1.29, 1.82) is 0 Å². The van der Waals surface area contributed by atoms with Gasteiger partial charge in [0, 0.05) is 19.5 Å². The van der Waals surface area contributed by atoms with Crippen LogP contribution in [-0.4, -0.2) is 44.3 Å². The Morgan fingerprint density at radius 1 is 1.11 bits per heavy atom. The molecule has 7 nitrogen and oxygen atoms in total. The van der Waals surface area contributed by atoms with Gasteiger partial charge in [-0.15, -0.1) is 0 Å². The number of nitrogens with one attached hydrogen (secondary N) is 1. The minimum atomic E-state index is -3.71. The molecule has 1 aromatic rings. The van der Waals surface area contributed by atoms with Gasteiger partial charge in [-0.2, -0.15) is 0 Å². The molecule has 0 radical (unpaired) electrons. The Kier molecular flexibility index (Phi) is 7.79. The van der Waals surface area contributed by atoms with Crippen molar-refractivity contribution in [2.45, 2.75) is 62.8 Å². The minimum absolute atomic E-state index is 0.0428. The number of amides is 2. The maximum absolute atomic E-state index is 12.3. The first-order valence-electron chi connectivity index (χ1n) is 9.42. The van der Waals surface area contributed by atoms with Gasteiger partial charge >= 0.3 is 0 Å². The maximum Gasteiger partial charge on any atom is 0.239 e. The third kappa shape index (κ3) is 7.30. The van der Waals surface area contributed by atoms with Crippen LogP contribution in [0.5, 0.6) is 0 Å². The van der Waals surface area contributed by atoms with E-state index in [2.05, 4.69) is 5.32 Å². The van der Waals surface area contributed by atoms with Gasteiger partial charge in [0.15, 0.2) is 0 Å². The van der Waals surface area contributed by atoms with Gasteiger partial charge in [-0.3, -0.25) is 9.59 Å². The molecule has 0 aromatic heterocycles. The van der Waals surface area contributed by atoms with E-state index >= 15 is 0 Å². The molecule has 1 fully saturated rings. The van der Waals surface area contributed by atoms with Crippen LogP contribution in [0.3, 0.4) is 0 Å². The highest BCUT2D eigenvalue weighted by atomic mass is 32.2. The Hall–Kier alpha value is -1.93. The van der Waals surface area contributed by atoms with E-state index in [1.54, 1.807) is 12.1 Å². The number of carbonyl (C=O) groups is 2. The van der Waals surface area contributed by atoms with Crippen molar-refractivity contribution in [3.63, 3.8) is 0 Å². The van der Waals surface area contributed by atoms with Crippen molar-refractivity contribution < 1.29 is 18.0 Å². The van der Waals surface area contributed by atoms with Gasteiger partial charge in [-0.25, -0.2) is 13.6 Å².